The summed E-state index contributed by atoms with van der Waals surface area (Å²) < 4.78 is 0. The lowest BCUT2D eigenvalue weighted by atomic mass is 10.2. The van der Waals surface area contributed by atoms with Gasteiger partial charge in [-0.05, 0) is 35.9 Å². The zero-order valence-corrected chi connectivity index (χ0v) is 10.9. The van der Waals surface area contributed by atoms with Crippen LogP contribution in [0.5, 0.6) is 5.75 Å². The molecule has 3 N–H and O–H groups in total. The molecule has 1 heterocycles. The maximum absolute atomic E-state index is 12.0. The summed E-state index contributed by atoms with van der Waals surface area (Å²) in [6.45, 7) is 0. The Kier molecular flexibility index (Phi) is 3.34. The van der Waals surface area contributed by atoms with Crippen molar-refractivity contribution >= 4 is 23.0 Å². The van der Waals surface area contributed by atoms with Crippen molar-refractivity contribution in [1.82, 2.24) is 15.6 Å². The molecule has 0 atom stereocenters. The number of aromatic nitrogens is 2. The lowest BCUT2D eigenvalue weighted by Crippen LogP contribution is -2.18. The van der Waals surface area contributed by atoms with Gasteiger partial charge in [0.15, 0.2) is 5.69 Å². The third-order valence-corrected chi connectivity index (χ3v) is 2.96. The highest BCUT2D eigenvalue weighted by atomic mass is 16.3. The molecule has 0 unspecified atom stereocenters. The van der Waals surface area contributed by atoms with Gasteiger partial charge in [0, 0.05) is 5.39 Å². The second kappa shape index (κ2) is 5.46. The van der Waals surface area contributed by atoms with Crippen LogP contribution in [-0.2, 0) is 0 Å². The smallest absolute Gasteiger partial charge is 0.292 e. The quantitative estimate of drug-likeness (QED) is 0.506. The highest BCUT2D eigenvalue weighted by Crippen LogP contribution is 2.14. The predicted molar refractivity (Wildman–Crippen MR) is 79.3 cm³/mol. The van der Waals surface area contributed by atoms with Crippen LogP contribution in [0, 0.1) is 0 Å². The molecule has 0 spiro atoms. The number of hydrogen-bond acceptors (Lipinski definition) is 4. The molecule has 0 aliphatic rings. The number of amides is 1. The Morgan fingerprint density at radius 2 is 1.95 bits per heavy atom. The van der Waals surface area contributed by atoms with Crippen LogP contribution in [-0.4, -0.2) is 27.4 Å². The number of para-hydroxylation sites is 1. The summed E-state index contributed by atoms with van der Waals surface area (Å²) in [6.07, 6.45) is 1.49. The lowest BCUT2D eigenvalue weighted by Gasteiger charge is -1.97. The van der Waals surface area contributed by atoms with Crippen molar-refractivity contribution in [3.8, 4) is 5.75 Å². The molecular formula is C15H12N4O2. The number of nitrogens with zero attached hydrogens (tertiary/aromatic N) is 2. The fraction of sp³-hybridized carbons (Fsp3) is 0. The number of rotatable bonds is 3. The normalized spacial score (nSPS) is 11.0. The maximum atomic E-state index is 12.0. The van der Waals surface area contributed by atoms with Gasteiger partial charge in [0.05, 0.1) is 11.7 Å². The van der Waals surface area contributed by atoms with E-state index in [2.05, 4.69) is 20.7 Å². The molecule has 0 bridgehead atoms. The number of benzene rings is 2. The standard InChI is InChI=1S/C15H12N4O2/c20-11-7-5-10(6-8-11)9-16-19-15(21)14-12-3-1-2-4-13(12)17-18-14/h1-9,20H,(H,17,18)(H,19,21)/b16-9+. The molecule has 0 saturated heterocycles. The molecule has 1 amide bonds. The number of fused-ring (bicyclic) bond motifs is 1. The molecule has 3 rings (SSSR count). The van der Waals surface area contributed by atoms with Gasteiger partial charge >= 0.3 is 0 Å². The number of H-pyrrole nitrogens is 1. The van der Waals surface area contributed by atoms with Gasteiger partial charge in [-0.3, -0.25) is 9.89 Å². The summed E-state index contributed by atoms with van der Waals surface area (Å²) in [5.74, 6) is -0.207. The Balaban J connectivity index is 1.73. The van der Waals surface area contributed by atoms with Crippen molar-refractivity contribution in [1.29, 1.82) is 0 Å². The first-order valence-corrected chi connectivity index (χ1v) is 6.29. The van der Waals surface area contributed by atoms with E-state index in [1.165, 1.54) is 6.21 Å². The first kappa shape index (κ1) is 12.9. The van der Waals surface area contributed by atoms with E-state index in [4.69, 9.17) is 5.11 Å². The number of nitrogens with one attached hydrogen (secondary N) is 2. The monoisotopic (exact) mass is 280 g/mol. The zero-order chi connectivity index (χ0) is 14.7. The highest BCUT2D eigenvalue weighted by molar-refractivity contribution is 6.04. The second-order valence-electron chi connectivity index (χ2n) is 4.41. The summed E-state index contributed by atoms with van der Waals surface area (Å²) >= 11 is 0. The third-order valence-electron chi connectivity index (χ3n) is 2.96. The minimum absolute atomic E-state index is 0.180. The largest absolute Gasteiger partial charge is 0.508 e. The number of phenols is 1. The van der Waals surface area contributed by atoms with Crippen molar-refractivity contribution in [2.75, 3.05) is 0 Å². The number of carbonyl (C=O) groups is 1. The molecule has 1 aromatic heterocycles. The minimum atomic E-state index is -0.387. The third kappa shape index (κ3) is 2.74. The molecule has 0 aliphatic carbocycles. The predicted octanol–water partition coefficient (Wildman–Crippen LogP) is 2.03. The molecular weight excluding hydrogens is 268 g/mol. The zero-order valence-electron chi connectivity index (χ0n) is 10.9. The summed E-state index contributed by atoms with van der Waals surface area (Å²) in [7, 11) is 0. The first-order chi connectivity index (χ1) is 10.2. The summed E-state index contributed by atoms with van der Waals surface area (Å²) in [5.41, 5.74) is 4.29. The molecule has 0 aliphatic heterocycles. The summed E-state index contributed by atoms with van der Waals surface area (Å²) in [4.78, 5) is 12.0. The number of phenolic OH excluding ortho intramolecular Hbond substituents is 1. The van der Waals surface area contributed by atoms with Gasteiger partial charge in [-0.15, -0.1) is 0 Å². The Hall–Kier alpha value is -3.15. The van der Waals surface area contributed by atoms with Gasteiger partial charge in [0.2, 0.25) is 0 Å². The average Bonchev–Trinajstić information content (AvgIpc) is 2.93. The van der Waals surface area contributed by atoms with Crippen molar-refractivity contribution in [3.63, 3.8) is 0 Å². The van der Waals surface area contributed by atoms with Crippen LogP contribution in [0.3, 0.4) is 0 Å². The van der Waals surface area contributed by atoms with Gasteiger partial charge in [0.25, 0.3) is 5.91 Å². The number of aromatic hydroxyl groups is 1. The topological polar surface area (TPSA) is 90.4 Å². The highest BCUT2D eigenvalue weighted by Gasteiger charge is 2.12. The second-order valence-corrected chi connectivity index (χ2v) is 4.41. The van der Waals surface area contributed by atoms with Crippen LogP contribution in [0.25, 0.3) is 10.9 Å². The lowest BCUT2D eigenvalue weighted by molar-refractivity contribution is 0.0951. The van der Waals surface area contributed by atoms with Crippen LogP contribution >= 0.6 is 0 Å². The van der Waals surface area contributed by atoms with E-state index in [0.717, 1.165) is 16.5 Å². The van der Waals surface area contributed by atoms with Crippen molar-refractivity contribution in [2.24, 2.45) is 5.10 Å². The van der Waals surface area contributed by atoms with E-state index >= 15 is 0 Å². The molecule has 6 heteroatoms. The van der Waals surface area contributed by atoms with Crippen LogP contribution in [0.1, 0.15) is 16.1 Å². The minimum Gasteiger partial charge on any atom is -0.508 e. The van der Waals surface area contributed by atoms with Crippen LogP contribution < -0.4 is 5.43 Å². The fourth-order valence-electron chi connectivity index (χ4n) is 1.92. The van der Waals surface area contributed by atoms with Crippen molar-refractivity contribution in [3.05, 3.63) is 59.8 Å². The molecule has 0 saturated carbocycles. The van der Waals surface area contributed by atoms with E-state index in [1.54, 1.807) is 24.3 Å². The molecule has 3 aromatic rings. The van der Waals surface area contributed by atoms with E-state index in [-0.39, 0.29) is 11.7 Å². The Bertz CT molecular complexity index is 806. The Morgan fingerprint density at radius 1 is 1.19 bits per heavy atom. The number of hydrazone groups is 1. The molecule has 0 radical (unpaired) electrons. The first-order valence-electron chi connectivity index (χ1n) is 6.29. The number of hydrogen-bond donors (Lipinski definition) is 3. The molecule has 104 valence electrons. The number of carbonyl (C=O) groups excluding carboxylic acids is 1. The van der Waals surface area contributed by atoms with Gasteiger partial charge in [0.1, 0.15) is 5.75 Å². The van der Waals surface area contributed by atoms with Crippen molar-refractivity contribution in [2.45, 2.75) is 0 Å². The van der Waals surface area contributed by atoms with E-state index < -0.39 is 0 Å². The van der Waals surface area contributed by atoms with Crippen molar-refractivity contribution < 1.29 is 9.90 Å². The van der Waals surface area contributed by atoms with E-state index in [1.807, 2.05) is 24.3 Å². The average molecular weight is 280 g/mol. The van der Waals surface area contributed by atoms with Crippen LogP contribution in [0.4, 0.5) is 0 Å². The molecule has 2 aromatic carbocycles. The number of aromatic amines is 1. The van der Waals surface area contributed by atoms with E-state index in [0.29, 0.717) is 5.69 Å². The van der Waals surface area contributed by atoms with Gasteiger partial charge in [-0.1, -0.05) is 18.2 Å². The van der Waals surface area contributed by atoms with E-state index in [9.17, 15) is 4.79 Å². The Morgan fingerprint density at radius 3 is 2.76 bits per heavy atom. The molecule has 0 fully saturated rings. The van der Waals surface area contributed by atoms with Crippen LogP contribution in [0.2, 0.25) is 0 Å². The van der Waals surface area contributed by atoms with Crippen LogP contribution in [0.15, 0.2) is 53.6 Å². The Labute approximate surface area is 120 Å². The summed E-state index contributed by atoms with van der Waals surface area (Å²) in [5, 5.41) is 20.6. The maximum Gasteiger partial charge on any atom is 0.292 e. The fourth-order valence-corrected chi connectivity index (χ4v) is 1.92. The SMILES string of the molecule is O=C(N/N=C/c1ccc(O)cc1)c1n[nH]c2ccccc12. The molecule has 6 nitrogen and oxygen atoms in total. The molecule has 21 heavy (non-hydrogen) atoms. The summed E-state index contributed by atoms with van der Waals surface area (Å²) in [6, 6.07) is 13.8. The van der Waals surface area contributed by atoms with Gasteiger partial charge < -0.3 is 5.11 Å². The van der Waals surface area contributed by atoms with Gasteiger partial charge in [-0.2, -0.15) is 10.2 Å². The van der Waals surface area contributed by atoms with Gasteiger partial charge in [-0.25, -0.2) is 5.43 Å².